The van der Waals surface area contributed by atoms with Gasteiger partial charge in [0.2, 0.25) is 0 Å². The van der Waals surface area contributed by atoms with Gasteiger partial charge in [-0.05, 0) is 23.6 Å². The fraction of sp³-hybridized carbons (Fsp3) is 0.0667. The Kier molecular flexibility index (Phi) is 4.36. The lowest BCUT2D eigenvalue weighted by Crippen LogP contribution is -1.80. The lowest BCUT2D eigenvalue weighted by molar-refractivity contribution is 1.46. The van der Waals surface area contributed by atoms with E-state index < -0.39 is 0 Å². The van der Waals surface area contributed by atoms with Crippen molar-refractivity contribution in [2.75, 3.05) is 0 Å². The predicted octanol–water partition coefficient (Wildman–Crippen LogP) is 4.46. The molecule has 0 radical (unpaired) electrons. The summed E-state index contributed by atoms with van der Waals surface area (Å²) in [6, 6.07) is 18.9. The summed E-state index contributed by atoms with van der Waals surface area (Å²) in [7, 11) is 0. The van der Waals surface area contributed by atoms with Crippen molar-refractivity contribution in [2.45, 2.75) is 6.92 Å². The molecule has 0 saturated carbocycles. The quantitative estimate of drug-likeness (QED) is 0.590. The average molecular weight is 196 g/mol. The van der Waals surface area contributed by atoms with Crippen molar-refractivity contribution >= 4 is 0 Å². The number of benzene rings is 2. The highest BCUT2D eigenvalue weighted by atomic mass is 14.0. The molecule has 0 bridgehead atoms. The number of rotatable bonds is 1. The Balaban J connectivity index is 0.000000531. The molecule has 2 rings (SSSR count). The SMILES string of the molecule is C=C.Cc1ccccc1-c1ccccc1. The van der Waals surface area contributed by atoms with Crippen LogP contribution in [-0.2, 0) is 0 Å². The van der Waals surface area contributed by atoms with Crippen LogP contribution in [0.4, 0.5) is 0 Å². The van der Waals surface area contributed by atoms with Gasteiger partial charge in [0.1, 0.15) is 0 Å². The summed E-state index contributed by atoms with van der Waals surface area (Å²) in [6.45, 7) is 8.14. The van der Waals surface area contributed by atoms with Crippen molar-refractivity contribution in [1.29, 1.82) is 0 Å². The van der Waals surface area contributed by atoms with Crippen LogP contribution in [0.15, 0.2) is 67.8 Å². The van der Waals surface area contributed by atoms with Gasteiger partial charge in [-0.3, -0.25) is 0 Å². The lowest BCUT2D eigenvalue weighted by atomic mass is 10.0. The molecule has 0 amide bonds. The molecular formula is C15H16. The molecule has 15 heavy (non-hydrogen) atoms. The summed E-state index contributed by atoms with van der Waals surface area (Å²) in [6.07, 6.45) is 0. The summed E-state index contributed by atoms with van der Waals surface area (Å²) in [5.74, 6) is 0. The Morgan fingerprint density at radius 2 is 1.27 bits per heavy atom. The molecule has 0 saturated heterocycles. The normalized spacial score (nSPS) is 8.87. The molecule has 0 nitrogen and oxygen atoms in total. The van der Waals surface area contributed by atoms with Crippen LogP contribution >= 0.6 is 0 Å². The van der Waals surface area contributed by atoms with Crippen molar-refractivity contribution in [1.82, 2.24) is 0 Å². The van der Waals surface area contributed by atoms with Crippen LogP contribution in [0.1, 0.15) is 5.56 Å². The van der Waals surface area contributed by atoms with Gasteiger partial charge in [0.15, 0.2) is 0 Å². The monoisotopic (exact) mass is 196 g/mol. The largest absolute Gasteiger partial charge is 0.106 e. The minimum Gasteiger partial charge on any atom is -0.106 e. The zero-order valence-corrected chi connectivity index (χ0v) is 9.11. The fourth-order valence-corrected chi connectivity index (χ4v) is 1.51. The summed E-state index contributed by atoms with van der Waals surface area (Å²) < 4.78 is 0. The van der Waals surface area contributed by atoms with Gasteiger partial charge in [-0.2, -0.15) is 0 Å². The number of hydrogen-bond donors (Lipinski definition) is 0. The highest BCUT2D eigenvalue weighted by Crippen LogP contribution is 2.21. The van der Waals surface area contributed by atoms with Crippen LogP contribution in [-0.4, -0.2) is 0 Å². The predicted molar refractivity (Wildman–Crippen MR) is 67.9 cm³/mol. The van der Waals surface area contributed by atoms with Gasteiger partial charge in [-0.1, -0.05) is 54.6 Å². The first-order chi connectivity index (χ1) is 7.38. The van der Waals surface area contributed by atoms with Crippen molar-refractivity contribution in [3.05, 3.63) is 73.3 Å². The van der Waals surface area contributed by atoms with Crippen molar-refractivity contribution in [3.63, 3.8) is 0 Å². The van der Waals surface area contributed by atoms with E-state index in [0.717, 1.165) is 0 Å². The van der Waals surface area contributed by atoms with E-state index in [1.165, 1.54) is 16.7 Å². The summed E-state index contributed by atoms with van der Waals surface area (Å²) in [5.41, 5.74) is 3.94. The molecule has 0 fully saturated rings. The van der Waals surface area contributed by atoms with E-state index in [2.05, 4.69) is 68.6 Å². The van der Waals surface area contributed by atoms with Gasteiger partial charge in [0.25, 0.3) is 0 Å². The molecule has 0 aliphatic heterocycles. The van der Waals surface area contributed by atoms with E-state index in [0.29, 0.717) is 0 Å². The molecule has 0 N–H and O–H groups in total. The Hall–Kier alpha value is -1.82. The molecule has 76 valence electrons. The molecule has 0 unspecified atom stereocenters. The number of hydrogen-bond acceptors (Lipinski definition) is 0. The average Bonchev–Trinajstić information content (AvgIpc) is 2.33. The van der Waals surface area contributed by atoms with Gasteiger partial charge in [0.05, 0.1) is 0 Å². The first kappa shape index (κ1) is 11.3. The highest BCUT2D eigenvalue weighted by molar-refractivity contribution is 5.66. The maximum Gasteiger partial charge on any atom is -0.0155 e. The van der Waals surface area contributed by atoms with Crippen molar-refractivity contribution in [2.24, 2.45) is 0 Å². The third kappa shape index (κ3) is 2.81. The molecule has 0 aliphatic rings. The van der Waals surface area contributed by atoms with Crippen LogP contribution in [0, 0.1) is 6.92 Å². The number of aryl methyl sites for hydroxylation is 1. The summed E-state index contributed by atoms with van der Waals surface area (Å²) >= 11 is 0. The standard InChI is InChI=1S/C13H12.C2H4/c1-11-7-5-6-10-13(11)12-8-3-2-4-9-12;1-2/h2-10H,1H3;1-2H2. The maximum absolute atomic E-state index is 3.00. The topological polar surface area (TPSA) is 0 Å². The fourth-order valence-electron chi connectivity index (χ4n) is 1.51. The van der Waals surface area contributed by atoms with Crippen LogP contribution in [0.3, 0.4) is 0 Å². The molecule has 0 spiro atoms. The third-order valence-electron chi connectivity index (χ3n) is 2.23. The summed E-state index contributed by atoms with van der Waals surface area (Å²) in [5, 5.41) is 0. The van der Waals surface area contributed by atoms with E-state index >= 15 is 0 Å². The molecule has 0 atom stereocenters. The van der Waals surface area contributed by atoms with Gasteiger partial charge < -0.3 is 0 Å². The Bertz CT molecular complexity index is 401. The van der Waals surface area contributed by atoms with Crippen LogP contribution < -0.4 is 0 Å². The Morgan fingerprint density at radius 1 is 0.733 bits per heavy atom. The van der Waals surface area contributed by atoms with Crippen molar-refractivity contribution < 1.29 is 0 Å². The van der Waals surface area contributed by atoms with Crippen LogP contribution in [0.5, 0.6) is 0 Å². The molecule has 2 aromatic carbocycles. The zero-order valence-electron chi connectivity index (χ0n) is 9.11. The van der Waals surface area contributed by atoms with Crippen LogP contribution in [0.2, 0.25) is 0 Å². The first-order valence-electron chi connectivity index (χ1n) is 4.99. The highest BCUT2D eigenvalue weighted by Gasteiger charge is 1.97. The molecule has 0 heteroatoms. The van der Waals surface area contributed by atoms with E-state index in [4.69, 9.17) is 0 Å². The van der Waals surface area contributed by atoms with E-state index in [-0.39, 0.29) is 0 Å². The maximum atomic E-state index is 3.00. The molecule has 0 heterocycles. The Labute approximate surface area is 91.9 Å². The van der Waals surface area contributed by atoms with E-state index in [1.807, 2.05) is 6.07 Å². The smallest absolute Gasteiger partial charge is 0.0155 e. The molecule has 2 aromatic rings. The zero-order chi connectivity index (χ0) is 11.1. The second-order valence-electron chi connectivity index (χ2n) is 3.18. The minimum atomic E-state index is 1.29. The van der Waals surface area contributed by atoms with E-state index in [1.54, 1.807) is 0 Å². The molecule has 0 aromatic heterocycles. The van der Waals surface area contributed by atoms with Crippen molar-refractivity contribution in [3.8, 4) is 11.1 Å². The second kappa shape index (κ2) is 5.82. The van der Waals surface area contributed by atoms with Gasteiger partial charge >= 0.3 is 0 Å². The van der Waals surface area contributed by atoms with Gasteiger partial charge in [0, 0.05) is 0 Å². The lowest BCUT2D eigenvalue weighted by Gasteiger charge is -2.04. The van der Waals surface area contributed by atoms with Gasteiger partial charge in [-0.15, -0.1) is 13.2 Å². The molecular weight excluding hydrogens is 180 g/mol. The Morgan fingerprint density at radius 3 is 1.87 bits per heavy atom. The molecule has 0 aliphatic carbocycles. The second-order valence-corrected chi connectivity index (χ2v) is 3.18. The van der Waals surface area contributed by atoms with Gasteiger partial charge in [-0.25, -0.2) is 0 Å². The minimum absolute atomic E-state index is 1.29. The first-order valence-corrected chi connectivity index (χ1v) is 4.99. The third-order valence-corrected chi connectivity index (χ3v) is 2.23. The summed E-state index contributed by atoms with van der Waals surface area (Å²) in [4.78, 5) is 0. The van der Waals surface area contributed by atoms with Crippen LogP contribution in [0.25, 0.3) is 11.1 Å². The van der Waals surface area contributed by atoms with E-state index in [9.17, 15) is 0 Å².